The molecular formula is C13H21NO2. The van der Waals surface area contributed by atoms with Crippen molar-refractivity contribution in [1.29, 1.82) is 0 Å². The Morgan fingerprint density at radius 3 is 2.25 bits per heavy atom. The lowest BCUT2D eigenvalue weighted by Gasteiger charge is -2.18. The zero-order valence-corrected chi connectivity index (χ0v) is 10.1. The van der Waals surface area contributed by atoms with Crippen LogP contribution in [0.4, 0.5) is 0 Å². The van der Waals surface area contributed by atoms with Gasteiger partial charge in [-0.25, -0.2) is 6.57 Å². The van der Waals surface area contributed by atoms with Gasteiger partial charge in [0, 0.05) is 26.4 Å². The summed E-state index contributed by atoms with van der Waals surface area (Å²) in [6, 6.07) is 0. The fourth-order valence-electron chi connectivity index (χ4n) is 1.48. The van der Waals surface area contributed by atoms with Crippen molar-refractivity contribution >= 4 is 0 Å². The van der Waals surface area contributed by atoms with Gasteiger partial charge in [-0.3, -0.25) is 0 Å². The van der Waals surface area contributed by atoms with E-state index in [2.05, 4.69) is 18.0 Å². The highest BCUT2D eigenvalue weighted by Crippen LogP contribution is 2.26. The van der Waals surface area contributed by atoms with Gasteiger partial charge in [0.15, 0.2) is 0 Å². The third-order valence-electron chi connectivity index (χ3n) is 2.43. The van der Waals surface area contributed by atoms with E-state index in [1.165, 1.54) is 0 Å². The lowest BCUT2D eigenvalue weighted by atomic mass is 9.89. The average molecular weight is 223 g/mol. The van der Waals surface area contributed by atoms with Crippen LogP contribution in [-0.4, -0.2) is 32.5 Å². The van der Waals surface area contributed by atoms with Crippen molar-refractivity contribution in [3.63, 3.8) is 0 Å². The molecule has 0 radical (unpaired) electrons. The van der Waals surface area contributed by atoms with Crippen LogP contribution >= 0.6 is 0 Å². The topological polar surface area (TPSA) is 22.8 Å². The van der Waals surface area contributed by atoms with E-state index in [4.69, 9.17) is 16.0 Å². The Bertz CT molecular complexity index is 233. The standard InChI is InChI=1S/C13H21NO2/c1-5-7-13(14-3,8-6-2)9-10-16-12-11-15-4/h5-6H,1-2,7-12H2,4H3. The maximum atomic E-state index is 7.28. The van der Waals surface area contributed by atoms with Crippen molar-refractivity contribution in [2.45, 2.75) is 24.8 Å². The van der Waals surface area contributed by atoms with Crippen LogP contribution in [0.5, 0.6) is 0 Å². The first-order chi connectivity index (χ1) is 7.74. The second-order valence-corrected chi connectivity index (χ2v) is 3.68. The summed E-state index contributed by atoms with van der Waals surface area (Å²) in [6.45, 7) is 16.4. The fourth-order valence-corrected chi connectivity index (χ4v) is 1.48. The van der Waals surface area contributed by atoms with E-state index in [9.17, 15) is 0 Å². The molecule has 0 saturated carbocycles. The molecule has 0 saturated heterocycles. The Hall–Kier alpha value is -1.11. The SMILES string of the molecule is [C-]#[N+]C(CC=C)(CC=C)CCOCCOC. The lowest BCUT2D eigenvalue weighted by Crippen LogP contribution is -2.25. The van der Waals surface area contributed by atoms with E-state index >= 15 is 0 Å². The second-order valence-electron chi connectivity index (χ2n) is 3.68. The largest absolute Gasteiger partial charge is 0.382 e. The molecule has 0 atom stereocenters. The minimum atomic E-state index is -0.420. The number of methoxy groups -OCH3 is 1. The Morgan fingerprint density at radius 1 is 1.19 bits per heavy atom. The molecule has 16 heavy (non-hydrogen) atoms. The minimum Gasteiger partial charge on any atom is -0.382 e. The maximum Gasteiger partial charge on any atom is 0.241 e. The molecule has 0 N–H and O–H groups in total. The average Bonchev–Trinajstić information content (AvgIpc) is 2.29. The van der Waals surface area contributed by atoms with Crippen molar-refractivity contribution in [2.24, 2.45) is 0 Å². The molecule has 0 fully saturated rings. The van der Waals surface area contributed by atoms with E-state index in [1.807, 2.05) is 0 Å². The Balaban J connectivity index is 4.05. The van der Waals surface area contributed by atoms with E-state index in [0.717, 1.165) is 0 Å². The summed E-state index contributed by atoms with van der Waals surface area (Å²) in [7, 11) is 1.64. The molecule has 0 aliphatic heterocycles. The normalized spacial score (nSPS) is 10.8. The van der Waals surface area contributed by atoms with Gasteiger partial charge in [0.05, 0.1) is 19.8 Å². The second kappa shape index (κ2) is 9.14. The number of hydrogen-bond acceptors (Lipinski definition) is 2. The van der Waals surface area contributed by atoms with Gasteiger partial charge in [0.25, 0.3) is 0 Å². The lowest BCUT2D eigenvalue weighted by molar-refractivity contribution is 0.0637. The van der Waals surface area contributed by atoms with Crippen LogP contribution in [0.1, 0.15) is 19.3 Å². The smallest absolute Gasteiger partial charge is 0.241 e. The highest BCUT2D eigenvalue weighted by atomic mass is 16.5. The van der Waals surface area contributed by atoms with Crippen molar-refractivity contribution < 1.29 is 9.47 Å². The predicted molar refractivity (Wildman–Crippen MR) is 66.3 cm³/mol. The first-order valence-corrected chi connectivity index (χ1v) is 5.42. The van der Waals surface area contributed by atoms with Gasteiger partial charge in [-0.2, -0.15) is 0 Å². The Kier molecular flexibility index (Phi) is 8.51. The maximum absolute atomic E-state index is 7.28. The van der Waals surface area contributed by atoms with Gasteiger partial charge in [-0.05, 0) is 0 Å². The van der Waals surface area contributed by atoms with Crippen LogP contribution in [0.3, 0.4) is 0 Å². The molecule has 0 aliphatic rings. The van der Waals surface area contributed by atoms with Crippen LogP contribution in [0.2, 0.25) is 0 Å². The van der Waals surface area contributed by atoms with E-state index in [0.29, 0.717) is 39.1 Å². The first kappa shape index (κ1) is 14.9. The van der Waals surface area contributed by atoms with Gasteiger partial charge < -0.3 is 14.3 Å². The van der Waals surface area contributed by atoms with E-state index in [1.54, 1.807) is 19.3 Å². The molecule has 0 heterocycles. The molecule has 0 aliphatic carbocycles. The highest BCUT2D eigenvalue weighted by molar-refractivity contribution is 5.05. The van der Waals surface area contributed by atoms with E-state index in [-0.39, 0.29) is 0 Å². The summed E-state index contributed by atoms with van der Waals surface area (Å²) in [4.78, 5) is 3.71. The van der Waals surface area contributed by atoms with Crippen LogP contribution in [-0.2, 0) is 9.47 Å². The highest BCUT2D eigenvalue weighted by Gasteiger charge is 2.33. The molecule has 0 aromatic heterocycles. The van der Waals surface area contributed by atoms with Gasteiger partial charge in [-0.15, -0.1) is 13.2 Å². The van der Waals surface area contributed by atoms with Gasteiger partial charge >= 0.3 is 0 Å². The molecule has 0 unspecified atom stereocenters. The van der Waals surface area contributed by atoms with Crippen LogP contribution < -0.4 is 0 Å². The van der Waals surface area contributed by atoms with Crippen molar-refractivity contribution in [3.8, 4) is 0 Å². The van der Waals surface area contributed by atoms with Gasteiger partial charge in [0.2, 0.25) is 5.54 Å². The number of nitrogens with zero attached hydrogens (tertiary/aromatic N) is 1. The summed E-state index contributed by atoms with van der Waals surface area (Å²) in [5.74, 6) is 0. The van der Waals surface area contributed by atoms with Crippen LogP contribution in [0, 0.1) is 6.57 Å². The Morgan fingerprint density at radius 2 is 1.81 bits per heavy atom. The molecule has 0 spiro atoms. The monoisotopic (exact) mass is 223 g/mol. The quantitative estimate of drug-likeness (QED) is 0.323. The summed E-state index contributed by atoms with van der Waals surface area (Å²) >= 11 is 0. The fraction of sp³-hybridized carbons (Fsp3) is 0.615. The molecule has 0 bridgehead atoms. The zero-order chi connectivity index (χ0) is 12.3. The molecule has 0 amide bonds. The molecule has 0 aromatic carbocycles. The summed E-state index contributed by atoms with van der Waals surface area (Å²) in [6.07, 6.45) is 5.64. The van der Waals surface area contributed by atoms with Gasteiger partial charge in [0.1, 0.15) is 0 Å². The van der Waals surface area contributed by atoms with Crippen molar-refractivity contribution in [2.75, 3.05) is 26.9 Å². The number of ether oxygens (including phenoxy) is 2. The third-order valence-corrected chi connectivity index (χ3v) is 2.43. The zero-order valence-electron chi connectivity index (χ0n) is 10.1. The third kappa shape index (κ3) is 5.69. The van der Waals surface area contributed by atoms with Crippen molar-refractivity contribution in [3.05, 3.63) is 36.7 Å². The molecule has 0 rings (SSSR count). The predicted octanol–water partition coefficient (Wildman–Crippen LogP) is 2.85. The number of hydrogen-bond donors (Lipinski definition) is 0. The molecule has 3 heteroatoms. The summed E-state index contributed by atoms with van der Waals surface area (Å²) in [5.41, 5.74) is -0.420. The molecule has 90 valence electrons. The van der Waals surface area contributed by atoms with Crippen LogP contribution in [0.15, 0.2) is 25.3 Å². The van der Waals surface area contributed by atoms with E-state index < -0.39 is 5.54 Å². The first-order valence-electron chi connectivity index (χ1n) is 5.42. The minimum absolute atomic E-state index is 0.420. The molecular weight excluding hydrogens is 202 g/mol. The summed E-state index contributed by atoms with van der Waals surface area (Å²) in [5, 5.41) is 0. The number of rotatable bonds is 10. The summed E-state index contributed by atoms with van der Waals surface area (Å²) < 4.78 is 10.3. The van der Waals surface area contributed by atoms with Crippen molar-refractivity contribution in [1.82, 2.24) is 0 Å². The van der Waals surface area contributed by atoms with Crippen LogP contribution in [0.25, 0.3) is 4.85 Å². The molecule has 3 nitrogen and oxygen atoms in total. The Labute approximate surface area is 98.6 Å². The molecule has 0 aromatic rings. The van der Waals surface area contributed by atoms with Gasteiger partial charge in [-0.1, -0.05) is 12.2 Å².